The number of carbonyl (C=O) groups excluding carboxylic acids is 3. The van der Waals surface area contributed by atoms with E-state index in [0.29, 0.717) is 13.1 Å². The van der Waals surface area contributed by atoms with Crippen molar-refractivity contribution in [2.45, 2.75) is 66.3 Å². The summed E-state index contributed by atoms with van der Waals surface area (Å²) in [6, 6.07) is 15.7. The largest absolute Gasteiger partial charge is 0.444 e. The van der Waals surface area contributed by atoms with E-state index in [2.05, 4.69) is 17.4 Å². The lowest BCUT2D eigenvalue weighted by Gasteiger charge is -2.33. The van der Waals surface area contributed by atoms with Crippen LogP contribution in [0.15, 0.2) is 48.5 Å². The Kier molecular flexibility index (Phi) is 9.97. The van der Waals surface area contributed by atoms with Crippen molar-refractivity contribution in [3.8, 4) is 0 Å². The second-order valence-corrected chi connectivity index (χ2v) is 11.3. The molecule has 0 fully saturated rings. The Morgan fingerprint density at radius 3 is 2.10 bits per heavy atom. The molecular formula is C30H43N5O4. The molecule has 0 saturated heterocycles. The van der Waals surface area contributed by atoms with Gasteiger partial charge in [-0.25, -0.2) is 9.80 Å². The maximum atomic E-state index is 13.4. The summed E-state index contributed by atoms with van der Waals surface area (Å²) in [5.41, 5.74) is 3.64. The molecule has 0 aliphatic carbocycles. The Morgan fingerprint density at radius 2 is 1.54 bits per heavy atom. The summed E-state index contributed by atoms with van der Waals surface area (Å²) in [5, 5.41) is 6.77. The number of ether oxygens (including phenoxy) is 1. The molecule has 1 N–H and O–H groups in total. The molecule has 0 atom stereocenters. The monoisotopic (exact) mass is 537 g/mol. The number of nitrogens with zero attached hydrogens (tertiary/aromatic N) is 4. The second kappa shape index (κ2) is 13.0. The first kappa shape index (κ1) is 30.0. The van der Waals surface area contributed by atoms with Crippen LogP contribution in [0.2, 0.25) is 0 Å². The third kappa shape index (κ3) is 8.45. The Balaban J connectivity index is 1.71. The van der Waals surface area contributed by atoms with E-state index in [0.717, 1.165) is 11.3 Å². The van der Waals surface area contributed by atoms with Gasteiger partial charge in [0.25, 0.3) is 5.91 Å². The SMILES string of the molecule is Cc1ccccc1NCC(=O)N(CCN(C(=O)OC(C)(C)C)C(C)C)CC(=O)N(C)N1Cc2ccccc2C1. The third-order valence-electron chi connectivity index (χ3n) is 6.73. The molecule has 2 aromatic carbocycles. The zero-order valence-corrected chi connectivity index (χ0v) is 24.4. The zero-order chi connectivity index (χ0) is 28.7. The number of para-hydroxylation sites is 1. The number of hydrogen-bond donors (Lipinski definition) is 1. The molecule has 39 heavy (non-hydrogen) atoms. The van der Waals surface area contributed by atoms with Gasteiger partial charge in [-0.2, -0.15) is 0 Å². The number of fused-ring (bicyclic) bond motifs is 1. The number of nitrogens with one attached hydrogen (secondary N) is 1. The molecule has 9 heteroatoms. The van der Waals surface area contributed by atoms with Gasteiger partial charge in [0.05, 0.1) is 6.54 Å². The van der Waals surface area contributed by atoms with Gasteiger partial charge in [0.15, 0.2) is 0 Å². The molecule has 0 spiro atoms. The van der Waals surface area contributed by atoms with Crippen molar-refractivity contribution < 1.29 is 19.1 Å². The normalized spacial score (nSPS) is 13.1. The van der Waals surface area contributed by atoms with Gasteiger partial charge in [0.1, 0.15) is 12.1 Å². The molecule has 0 radical (unpaired) electrons. The third-order valence-corrected chi connectivity index (χ3v) is 6.73. The number of hydrazine groups is 1. The van der Waals surface area contributed by atoms with E-state index >= 15 is 0 Å². The molecule has 0 aromatic heterocycles. The van der Waals surface area contributed by atoms with E-state index in [1.165, 1.54) is 16.0 Å². The molecule has 2 aromatic rings. The van der Waals surface area contributed by atoms with Gasteiger partial charge in [-0.1, -0.05) is 42.5 Å². The van der Waals surface area contributed by atoms with Crippen molar-refractivity contribution in [3.63, 3.8) is 0 Å². The highest BCUT2D eigenvalue weighted by Gasteiger charge is 2.29. The quantitative estimate of drug-likeness (QED) is 0.487. The summed E-state index contributed by atoms with van der Waals surface area (Å²) in [6.45, 7) is 12.9. The first-order valence-corrected chi connectivity index (χ1v) is 13.5. The van der Waals surface area contributed by atoms with E-state index in [-0.39, 0.29) is 44.0 Å². The second-order valence-electron chi connectivity index (χ2n) is 11.3. The Bertz CT molecular complexity index is 1140. The lowest BCUT2D eigenvalue weighted by molar-refractivity contribution is -0.151. The number of anilines is 1. The molecule has 212 valence electrons. The number of benzene rings is 2. The zero-order valence-electron chi connectivity index (χ0n) is 24.4. The van der Waals surface area contributed by atoms with Gasteiger partial charge < -0.3 is 19.9 Å². The maximum absolute atomic E-state index is 13.4. The molecule has 0 unspecified atom stereocenters. The minimum atomic E-state index is -0.636. The van der Waals surface area contributed by atoms with Crippen molar-refractivity contribution in [1.82, 2.24) is 19.8 Å². The van der Waals surface area contributed by atoms with Crippen LogP contribution in [0.5, 0.6) is 0 Å². The molecule has 1 aliphatic heterocycles. The molecule has 3 amide bonds. The van der Waals surface area contributed by atoms with Crippen LogP contribution in [0.3, 0.4) is 0 Å². The van der Waals surface area contributed by atoms with E-state index in [4.69, 9.17) is 4.74 Å². The molecular weight excluding hydrogens is 494 g/mol. The highest BCUT2D eigenvalue weighted by Crippen LogP contribution is 2.23. The van der Waals surface area contributed by atoms with Crippen molar-refractivity contribution in [2.75, 3.05) is 38.5 Å². The topological polar surface area (TPSA) is 85.4 Å². The van der Waals surface area contributed by atoms with Gasteiger partial charge in [0, 0.05) is 45.0 Å². The van der Waals surface area contributed by atoms with Crippen LogP contribution in [0.25, 0.3) is 0 Å². The predicted octanol–water partition coefficient (Wildman–Crippen LogP) is 4.27. The first-order chi connectivity index (χ1) is 18.4. The van der Waals surface area contributed by atoms with Crippen LogP contribution in [-0.2, 0) is 27.4 Å². The number of amides is 3. The molecule has 0 saturated carbocycles. The lowest BCUT2D eigenvalue weighted by atomic mass is 10.1. The molecule has 1 aliphatic rings. The van der Waals surface area contributed by atoms with Gasteiger partial charge in [-0.05, 0) is 64.3 Å². The standard InChI is InChI=1S/C30H43N5O4/c1-22(2)35(29(38)39-30(4,5)6)17-16-33(27(36)18-31-26-15-11-8-12-23(26)3)21-28(37)32(7)34-19-24-13-9-10-14-25(24)20-34/h8-15,22,31H,16-21H2,1-7H3. The fraction of sp³-hybridized carbons (Fsp3) is 0.500. The van der Waals surface area contributed by atoms with Crippen molar-refractivity contribution >= 4 is 23.6 Å². The van der Waals surface area contributed by atoms with Crippen LogP contribution in [0.1, 0.15) is 51.3 Å². The molecule has 1 heterocycles. The summed E-state index contributed by atoms with van der Waals surface area (Å²) in [4.78, 5) is 42.8. The Labute approximate surface area is 232 Å². The van der Waals surface area contributed by atoms with Gasteiger partial charge in [-0.3, -0.25) is 14.6 Å². The summed E-state index contributed by atoms with van der Waals surface area (Å²) in [5.74, 6) is -0.419. The van der Waals surface area contributed by atoms with Crippen molar-refractivity contribution in [1.29, 1.82) is 0 Å². The Morgan fingerprint density at radius 1 is 0.949 bits per heavy atom. The average molecular weight is 538 g/mol. The fourth-order valence-corrected chi connectivity index (χ4v) is 4.41. The van der Waals surface area contributed by atoms with Crippen LogP contribution >= 0.6 is 0 Å². The van der Waals surface area contributed by atoms with Crippen LogP contribution < -0.4 is 5.32 Å². The van der Waals surface area contributed by atoms with Gasteiger partial charge in [0.2, 0.25) is 5.91 Å². The van der Waals surface area contributed by atoms with Crippen LogP contribution in [0.4, 0.5) is 10.5 Å². The first-order valence-electron chi connectivity index (χ1n) is 13.5. The van der Waals surface area contributed by atoms with Crippen LogP contribution in [-0.4, -0.2) is 82.6 Å². The summed E-state index contributed by atoms with van der Waals surface area (Å²) in [6.07, 6.45) is -0.443. The molecule has 3 rings (SSSR count). The van der Waals surface area contributed by atoms with E-state index in [1.807, 2.05) is 82.9 Å². The number of aryl methyl sites for hydroxylation is 1. The van der Waals surface area contributed by atoms with Crippen molar-refractivity contribution in [2.24, 2.45) is 0 Å². The maximum Gasteiger partial charge on any atom is 0.410 e. The lowest BCUT2D eigenvalue weighted by Crippen LogP contribution is -2.51. The van der Waals surface area contributed by atoms with Gasteiger partial charge >= 0.3 is 6.09 Å². The summed E-state index contributed by atoms with van der Waals surface area (Å²) in [7, 11) is 1.74. The van der Waals surface area contributed by atoms with Gasteiger partial charge in [-0.15, -0.1) is 0 Å². The van der Waals surface area contributed by atoms with Crippen LogP contribution in [0, 0.1) is 6.92 Å². The number of rotatable bonds is 10. The van der Waals surface area contributed by atoms with E-state index < -0.39 is 11.7 Å². The minimum absolute atomic E-state index is 0.0329. The highest BCUT2D eigenvalue weighted by atomic mass is 16.6. The number of hydrogen-bond acceptors (Lipinski definition) is 6. The molecule has 9 nitrogen and oxygen atoms in total. The van der Waals surface area contributed by atoms with E-state index in [9.17, 15) is 14.4 Å². The Hall–Kier alpha value is -3.59. The summed E-state index contributed by atoms with van der Waals surface area (Å²) >= 11 is 0. The number of likely N-dealkylation sites (N-methyl/N-ethyl adjacent to an activating group) is 1. The molecule has 0 bridgehead atoms. The minimum Gasteiger partial charge on any atom is -0.444 e. The fourth-order valence-electron chi connectivity index (χ4n) is 4.41. The number of carbonyl (C=O) groups is 3. The smallest absolute Gasteiger partial charge is 0.410 e. The van der Waals surface area contributed by atoms with E-state index in [1.54, 1.807) is 17.0 Å². The summed E-state index contributed by atoms with van der Waals surface area (Å²) < 4.78 is 5.58. The highest BCUT2D eigenvalue weighted by molar-refractivity contribution is 5.87. The van der Waals surface area contributed by atoms with Crippen molar-refractivity contribution in [3.05, 3.63) is 65.2 Å². The predicted molar refractivity (Wildman–Crippen MR) is 153 cm³/mol. The average Bonchev–Trinajstić information content (AvgIpc) is 3.30.